The number of fused-ring (bicyclic) bond motifs is 1. The van der Waals surface area contributed by atoms with E-state index in [-0.39, 0.29) is 24.4 Å². The van der Waals surface area contributed by atoms with Crippen LogP contribution in [0.4, 0.5) is 5.82 Å². The first-order valence-electron chi connectivity index (χ1n) is 7.87. The summed E-state index contributed by atoms with van der Waals surface area (Å²) < 4.78 is 5.34. The first-order chi connectivity index (χ1) is 11.7. The number of nitrogens with one attached hydrogen (secondary N) is 2. The van der Waals surface area contributed by atoms with E-state index in [0.717, 1.165) is 12.8 Å². The Morgan fingerprint density at radius 2 is 2.29 bits per heavy atom. The number of terminal acetylenes is 1. The van der Waals surface area contributed by atoms with Crippen molar-refractivity contribution in [2.45, 2.75) is 18.9 Å². The van der Waals surface area contributed by atoms with Crippen molar-refractivity contribution in [1.29, 1.82) is 0 Å². The van der Waals surface area contributed by atoms with Crippen LogP contribution in [0, 0.1) is 18.3 Å². The summed E-state index contributed by atoms with van der Waals surface area (Å²) in [4.78, 5) is 29.5. The number of ether oxygens (including phenoxy) is 1. The van der Waals surface area contributed by atoms with Gasteiger partial charge in [0.15, 0.2) is 11.5 Å². The SMILES string of the molecule is C#C[C@H](NC(=O)CN(C)c1ncnc2nc[nH]c12)C1CCOCC1. The van der Waals surface area contributed by atoms with Gasteiger partial charge in [-0.3, -0.25) is 4.79 Å². The molecule has 0 radical (unpaired) electrons. The van der Waals surface area contributed by atoms with Gasteiger partial charge in [-0.05, 0) is 18.8 Å². The minimum atomic E-state index is -0.271. The standard InChI is InChI=1S/C16H20N6O2/c1-3-12(11-4-6-24-7-5-11)21-13(23)8-22(2)16-14-15(18-9-17-14)19-10-20-16/h1,9-12H,4-8H2,2H3,(H,21,23)(H,17,18,19,20)/t12-/m0/s1. The van der Waals surface area contributed by atoms with E-state index < -0.39 is 0 Å². The predicted octanol–water partition coefficient (Wildman–Crippen LogP) is 0.334. The maximum Gasteiger partial charge on any atom is 0.240 e. The quantitative estimate of drug-likeness (QED) is 0.768. The second-order valence-electron chi connectivity index (χ2n) is 5.82. The Hall–Kier alpha value is -2.66. The smallest absolute Gasteiger partial charge is 0.240 e. The lowest BCUT2D eigenvalue weighted by Crippen LogP contribution is -2.45. The summed E-state index contributed by atoms with van der Waals surface area (Å²) in [5.41, 5.74) is 1.27. The molecule has 3 rings (SSSR count). The monoisotopic (exact) mass is 328 g/mol. The number of anilines is 1. The van der Waals surface area contributed by atoms with Gasteiger partial charge < -0.3 is 19.9 Å². The molecule has 0 aliphatic carbocycles. The third kappa shape index (κ3) is 3.46. The minimum Gasteiger partial charge on any atom is -0.381 e. The van der Waals surface area contributed by atoms with Crippen LogP contribution >= 0.6 is 0 Å². The molecule has 8 nitrogen and oxygen atoms in total. The molecular formula is C16H20N6O2. The number of carbonyl (C=O) groups excluding carboxylic acids is 1. The molecule has 1 aliphatic rings. The molecule has 0 spiro atoms. The van der Waals surface area contributed by atoms with Gasteiger partial charge in [0.1, 0.15) is 11.8 Å². The van der Waals surface area contributed by atoms with E-state index in [1.54, 1.807) is 18.3 Å². The van der Waals surface area contributed by atoms with Crippen LogP contribution < -0.4 is 10.2 Å². The lowest BCUT2D eigenvalue weighted by molar-refractivity contribution is -0.120. The van der Waals surface area contributed by atoms with E-state index in [1.807, 2.05) is 0 Å². The van der Waals surface area contributed by atoms with Gasteiger partial charge in [0.25, 0.3) is 0 Å². The normalized spacial score (nSPS) is 16.5. The molecule has 1 aliphatic heterocycles. The van der Waals surface area contributed by atoms with Crippen LogP contribution in [-0.4, -0.2) is 58.7 Å². The number of aromatic nitrogens is 4. The van der Waals surface area contributed by atoms with Crippen molar-refractivity contribution in [1.82, 2.24) is 25.3 Å². The Morgan fingerprint density at radius 1 is 1.50 bits per heavy atom. The van der Waals surface area contributed by atoms with Crippen LogP contribution in [0.3, 0.4) is 0 Å². The molecule has 2 aromatic rings. The van der Waals surface area contributed by atoms with Gasteiger partial charge in [0.05, 0.1) is 18.9 Å². The zero-order chi connectivity index (χ0) is 16.9. The molecule has 8 heteroatoms. The number of rotatable bonds is 5. The van der Waals surface area contributed by atoms with E-state index in [4.69, 9.17) is 11.2 Å². The summed E-state index contributed by atoms with van der Waals surface area (Å²) in [6, 6.07) is -0.271. The molecule has 0 saturated carbocycles. The zero-order valence-corrected chi connectivity index (χ0v) is 13.5. The van der Waals surface area contributed by atoms with Crippen LogP contribution in [0.2, 0.25) is 0 Å². The number of carbonyl (C=O) groups is 1. The molecular weight excluding hydrogens is 308 g/mol. The molecule has 1 saturated heterocycles. The van der Waals surface area contributed by atoms with Crippen molar-refractivity contribution in [2.75, 3.05) is 31.7 Å². The number of hydrogen-bond acceptors (Lipinski definition) is 6. The van der Waals surface area contributed by atoms with Crippen molar-refractivity contribution in [3.8, 4) is 12.3 Å². The van der Waals surface area contributed by atoms with Crippen molar-refractivity contribution < 1.29 is 9.53 Å². The van der Waals surface area contributed by atoms with Gasteiger partial charge in [-0.25, -0.2) is 15.0 Å². The van der Waals surface area contributed by atoms with Crippen LogP contribution in [-0.2, 0) is 9.53 Å². The fourth-order valence-corrected chi connectivity index (χ4v) is 2.90. The Balaban J connectivity index is 1.63. The Morgan fingerprint density at radius 3 is 3.04 bits per heavy atom. The van der Waals surface area contributed by atoms with Crippen LogP contribution in [0.25, 0.3) is 11.2 Å². The maximum atomic E-state index is 12.4. The highest BCUT2D eigenvalue weighted by atomic mass is 16.5. The molecule has 2 N–H and O–H groups in total. The van der Waals surface area contributed by atoms with Crippen molar-refractivity contribution in [2.24, 2.45) is 5.92 Å². The van der Waals surface area contributed by atoms with Crippen LogP contribution in [0.15, 0.2) is 12.7 Å². The Bertz CT molecular complexity index is 746. The molecule has 126 valence electrons. The average Bonchev–Trinajstić information content (AvgIpc) is 3.09. The topological polar surface area (TPSA) is 96.0 Å². The van der Waals surface area contributed by atoms with Crippen molar-refractivity contribution in [3.63, 3.8) is 0 Å². The number of H-pyrrole nitrogens is 1. The second kappa shape index (κ2) is 7.27. The van der Waals surface area contributed by atoms with Gasteiger partial charge in [-0.1, -0.05) is 5.92 Å². The molecule has 1 fully saturated rings. The number of likely N-dealkylation sites (N-methyl/N-ethyl adjacent to an activating group) is 1. The highest BCUT2D eigenvalue weighted by Gasteiger charge is 2.24. The summed E-state index contributed by atoms with van der Waals surface area (Å²) in [6.07, 6.45) is 10.3. The second-order valence-corrected chi connectivity index (χ2v) is 5.82. The fourth-order valence-electron chi connectivity index (χ4n) is 2.90. The lowest BCUT2D eigenvalue weighted by atomic mass is 9.92. The summed E-state index contributed by atoms with van der Waals surface area (Å²) in [7, 11) is 1.79. The number of nitrogens with zero attached hydrogens (tertiary/aromatic N) is 4. The van der Waals surface area contributed by atoms with Gasteiger partial charge in [0, 0.05) is 20.3 Å². The fraction of sp³-hybridized carbons (Fsp3) is 0.500. The van der Waals surface area contributed by atoms with Gasteiger partial charge in [0.2, 0.25) is 5.91 Å². The average molecular weight is 328 g/mol. The van der Waals surface area contributed by atoms with Crippen LogP contribution in [0.5, 0.6) is 0 Å². The largest absolute Gasteiger partial charge is 0.381 e. The van der Waals surface area contributed by atoms with E-state index in [0.29, 0.717) is 30.2 Å². The highest BCUT2D eigenvalue weighted by Crippen LogP contribution is 2.19. The molecule has 1 atom stereocenters. The molecule has 0 unspecified atom stereocenters. The molecule has 0 bridgehead atoms. The summed E-state index contributed by atoms with van der Waals surface area (Å²) >= 11 is 0. The molecule has 0 aromatic carbocycles. The van der Waals surface area contributed by atoms with E-state index >= 15 is 0 Å². The summed E-state index contributed by atoms with van der Waals surface area (Å²) in [5.74, 6) is 3.43. The van der Waals surface area contributed by atoms with Crippen molar-refractivity contribution in [3.05, 3.63) is 12.7 Å². The molecule has 1 amide bonds. The van der Waals surface area contributed by atoms with Gasteiger partial charge in [-0.15, -0.1) is 6.42 Å². The maximum absolute atomic E-state index is 12.4. The Labute approximate surface area is 140 Å². The number of hydrogen-bond donors (Lipinski definition) is 2. The van der Waals surface area contributed by atoms with Gasteiger partial charge >= 0.3 is 0 Å². The number of aromatic amines is 1. The van der Waals surface area contributed by atoms with Crippen LogP contribution in [0.1, 0.15) is 12.8 Å². The first-order valence-corrected chi connectivity index (χ1v) is 7.87. The molecule has 2 aromatic heterocycles. The minimum absolute atomic E-state index is 0.141. The number of amides is 1. The number of imidazole rings is 1. The summed E-state index contributed by atoms with van der Waals surface area (Å²) in [5, 5.41) is 2.94. The van der Waals surface area contributed by atoms with E-state index in [2.05, 4.69) is 31.2 Å². The Kier molecular flexibility index (Phi) is 4.91. The predicted molar refractivity (Wildman–Crippen MR) is 89.3 cm³/mol. The van der Waals surface area contributed by atoms with Crippen molar-refractivity contribution >= 4 is 22.9 Å². The van der Waals surface area contributed by atoms with E-state index in [1.165, 1.54) is 6.33 Å². The van der Waals surface area contributed by atoms with Gasteiger partial charge in [-0.2, -0.15) is 0 Å². The third-order valence-corrected chi connectivity index (χ3v) is 4.18. The highest BCUT2D eigenvalue weighted by molar-refractivity contribution is 5.87. The summed E-state index contributed by atoms with van der Waals surface area (Å²) in [6.45, 7) is 1.53. The van der Waals surface area contributed by atoms with E-state index in [9.17, 15) is 4.79 Å². The zero-order valence-electron chi connectivity index (χ0n) is 13.5. The lowest BCUT2D eigenvalue weighted by Gasteiger charge is -2.28. The first kappa shape index (κ1) is 16.2. The molecule has 24 heavy (non-hydrogen) atoms. The third-order valence-electron chi connectivity index (χ3n) is 4.18. The molecule has 3 heterocycles.